The number of rotatable bonds is 4. The molecule has 15 heavy (non-hydrogen) atoms. The Hall–Kier alpha value is -0.0800. The van der Waals surface area contributed by atoms with Crippen LogP contribution in [-0.4, -0.2) is 23.8 Å². The summed E-state index contributed by atoms with van der Waals surface area (Å²) in [6.07, 6.45) is 7.74. The van der Waals surface area contributed by atoms with E-state index in [0.29, 0.717) is 11.5 Å². The maximum absolute atomic E-state index is 9.36. The largest absolute Gasteiger partial charge is 0.395 e. The first kappa shape index (κ1) is 13.0. The lowest BCUT2D eigenvalue weighted by molar-refractivity contribution is 0.179. The van der Waals surface area contributed by atoms with E-state index in [4.69, 9.17) is 0 Å². The zero-order chi connectivity index (χ0) is 11.3. The smallest absolute Gasteiger partial charge is 0.0584 e. The van der Waals surface area contributed by atoms with Gasteiger partial charge >= 0.3 is 0 Å². The third kappa shape index (κ3) is 5.53. The van der Waals surface area contributed by atoms with Crippen molar-refractivity contribution in [2.24, 2.45) is 5.41 Å². The fourth-order valence-corrected chi connectivity index (χ4v) is 2.52. The maximum Gasteiger partial charge on any atom is 0.0584 e. The number of aliphatic hydroxyl groups excluding tert-OH is 1. The molecule has 0 saturated heterocycles. The maximum atomic E-state index is 9.36. The summed E-state index contributed by atoms with van der Waals surface area (Å²) in [6, 6.07) is 0.936. The molecule has 0 spiro atoms. The average molecular weight is 213 g/mol. The lowest BCUT2D eigenvalue weighted by Crippen LogP contribution is -2.43. The van der Waals surface area contributed by atoms with Crippen molar-refractivity contribution in [1.29, 1.82) is 0 Å². The fourth-order valence-electron chi connectivity index (χ4n) is 2.52. The Morgan fingerprint density at radius 2 is 1.80 bits per heavy atom. The van der Waals surface area contributed by atoms with Crippen LogP contribution in [0.15, 0.2) is 0 Å². The summed E-state index contributed by atoms with van der Waals surface area (Å²) in [4.78, 5) is 0. The second-order valence-electron chi connectivity index (χ2n) is 6.15. The Kier molecular flexibility index (Phi) is 5.07. The quantitative estimate of drug-likeness (QED) is 0.752. The standard InChI is InChI=1S/C13H27NO/c1-13(2,3)9-12(10-15)14-11-7-5-4-6-8-11/h11-12,14-15H,4-10H2,1-3H3. The van der Waals surface area contributed by atoms with Gasteiger partial charge in [-0.15, -0.1) is 0 Å². The first-order chi connectivity index (χ1) is 7.01. The van der Waals surface area contributed by atoms with E-state index in [9.17, 15) is 5.11 Å². The lowest BCUT2D eigenvalue weighted by Gasteiger charge is -2.31. The summed E-state index contributed by atoms with van der Waals surface area (Å²) >= 11 is 0. The van der Waals surface area contributed by atoms with Crippen molar-refractivity contribution in [3.63, 3.8) is 0 Å². The molecule has 2 nitrogen and oxygen atoms in total. The minimum absolute atomic E-state index is 0.272. The number of nitrogens with one attached hydrogen (secondary N) is 1. The number of hydrogen-bond donors (Lipinski definition) is 2. The summed E-state index contributed by atoms with van der Waals surface area (Å²) in [5, 5.41) is 13.0. The van der Waals surface area contributed by atoms with Crippen LogP contribution in [0, 0.1) is 5.41 Å². The van der Waals surface area contributed by atoms with Gasteiger partial charge in [0.15, 0.2) is 0 Å². The van der Waals surface area contributed by atoms with Crippen LogP contribution in [0.2, 0.25) is 0 Å². The predicted octanol–water partition coefficient (Wildman–Crippen LogP) is 2.71. The zero-order valence-electron chi connectivity index (χ0n) is 10.6. The molecule has 0 aromatic heterocycles. The molecule has 2 heteroatoms. The molecule has 1 fully saturated rings. The Morgan fingerprint density at radius 1 is 1.20 bits per heavy atom. The molecule has 0 heterocycles. The van der Waals surface area contributed by atoms with E-state index in [2.05, 4.69) is 26.1 Å². The molecule has 0 aromatic carbocycles. The van der Waals surface area contributed by atoms with Gasteiger partial charge in [0.25, 0.3) is 0 Å². The van der Waals surface area contributed by atoms with E-state index in [1.165, 1.54) is 32.1 Å². The van der Waals surface area contributed by atoms with Crippen LogP contribution in [0.4, 0.5) is 0 Å². The molecular weight excluding hydrogens is 186 g/mol. The second kappa shape index (κ2) is 5.86. The topological polar surface area (TPSA) is 32.3 Å². The first-order valence-corrected chi connectivity index (χ1v) is 6.38. The molecule has 1 rings (SSSR count). The molecule has 0 aliphatic heterocycles. The van der Waals surface area contributed by atoms with E-state index < -0.39 is 0 Å². The molecule has 0 radical (unpaired) electrons. The van der Waals surface area contributed by atoms with Crippen LogP contribution < -0.4 is 5.32 Å². The highest BCUT2D eigenvalue weighted by Gasteiger charge is 2.21. The summed E-state index contributed by atoms with van der Waals surface area (Å²) in [7, 11) is 0. The summed E-state index contributed by atoms with van der Waals surface area (Å²) in [5.41, 5.74) is 0.301. The van der Waals surface area contributed by atoms with E-state index in [1.54, 1.807) is 0 Å². The average Bonchev–Trinajstić information content (AvgIpc) is 2.16. The van der Waals surface area contributed by atoms with Gasteiger partial charge in [0.2, 0.25) is 0 Å². The van der Waals surface area contributed by atoms with Crippen LogP contribution >= 0.6 is 0 Å². The van der Waals surface area contributed by atoms with Gasteiger partial charge in [0, 0.05) is 12.1 Å². The van der Waals surface area contributed by atoms with Gasteiger partial charge in [0.1, 0.15) is 0 Å². The minimum Gasteiger partial charge on any atom is -0.395 e. The fraction of sp³-hybridized carbons (Fsp3) is 1.00. The van der Waals surface area contributed by atoms with Crippen LogP contribution in [0.1, 0.15) is 59.3 Å². The van der Waals surface area contributed by atoms with Crippen molar-refractivity contribution in [2.45, 2.75) is 71.4 Å². The van der Waals surface area contributed by atoms with Crippen LogP contribution in [0.25, 0.3) is 0 Å². The molecule has 0 bridgehead atoms. The number of hydrogen-bond acceptors (Lipinski definition) is 2. The van der Waals surface area contributed by atoms with Crippen molar-refractivity contribution in [3.8, 4) is 0 Å². The van der Waals surface area contributed by atoms with Crippen molar-refractivity contribution in [2.75, 3.05) is 6.61 Å². The van der Waals surface area contributed by atoms with Crippen molar-refractivity contribution >= 4 is 0 Å². The van der Waals surface area contributed by atoms with Crippen molar-refractivity contribution < 1.29 is 5.11 Å². The van der Waals surface area contributed by atoms with Gasteiger partial charge in [-0.1, -0.05) is 40.0 Å². The molecule has 1 aliphatic carbocycles. The van der Waals surface area contributed by atoms with E-state index >= 15 is 0 Å². The Balaban J connectivity index is 2.31. The molecular formula is C13H27NO. The summed E-state index contributed by atoms with van der Waals surface area (Å²) in [5.74, 6) is 0. The monoisotopic (exact) mass is 213 g/mol. The first-order valence-electron chi connectivity index (χ1n) is 6.38. The van der Waals surface area contributed by atoms with Crippen molar-refractivity contribution in [1.82, 2.24) is 5.32 Å². The number of aliphatic hydroxyl groups is 1. The Morgan fingerprint density at radius 3 is 2.27 bits per heavy atom. The van der Waals surface area contributed by atoms with Crippen LogP contribution in [0.3, 0.4) is 0 Å². The molecule has 0 aromatic rings. The highest BCUT2D eigenvalue weighted by Crippen LogP contribution is 2.23. The summed E-state index contributed by atoms with van der Waals surface area (Å²) in [6.45, 7) is 6.97. The van der Waals surface area contributed by atoms with Gasteiger partial charge in [-0.2, -0.15) is 0 Å². The van der Waals surface area contributed by atoms with Gasteiger partial charge in [-0.3, -0.25) is 0 Å². The second-order valence-corrected chi connectivity index (χ2v) is 6.15. The van der Waals surface area contributed by atoms with Crippen molar-refractivity contribution in [3.05, 3.63) is 0 Å². The third-order valence-corrected chi connectivity index (χ3v) is 3.16. The molecule has 90 valence electrons. The van der Waals surface area contributed by atoms with Crippen LogP contribution in [0.5, 0.6) is 0 Å². The van der Waals surface area contributed by atoms with Gasteiger partial charge in [-0.25, -0.2) is 0 Å². The minimum atomic E-state index is 0.272. The highest BCUT2D eigenvalue weighted by molar-refractivity contribution is 4.80. The predicted molar refractivity (Wildman–Crippen MR) is 65.0 cm³/mol. The lowest BCUT2D eigenvalue weighted by atomic mass is 9.87. The van der Waals surface area contributed by atoms with E-state index in [0.717, 1.165) is 6.42 Å². The van der Waals surface area contributed by atoms with Crippen LogP contribution in [-0.2, 0) is 0 Å². The zero-order valence-corrected chi connectivity index (χ0v) is 10.6. The molecule has 1 aliphatic rings. The normalized spacial score (nSPS) is 21.6. The Labute approximate surface area is 94.5 Å². The van der Waals surface area contributed by atoms with Gasteiger partial charge < -0.3 is 10.4 Å². The van der Waals surface area contributed by atoms with Gasteiger partial charge in [0.05, 0.1) is 6.61 Å². The molecule has 1 atom stereocenters. The van der Waals surface area contributed by atoms with E-state index in [-0.39, 0.29) is 12.6 Å². The van der Waals surface area contributed by atoms with E-state index in [1.807, 2.05) is 0 Å². The van der Waals surface area contributed by atoms with Gasteiger partial charge in [-0.05, 0) is 24.7 Å². The molecule has 0 amide bonds. The molecule has 1 saturated carbocycles. The molecule has 1 unspecified atom stereocenters. The SMILES string of the molecule is CC(C)(C)CC(CO)NC1CCCCC1. The Bertz CT molecular complexity index is 168. The highest BCUT2D eigenvalue weighted by atomic mass is 16.3. The summed E-state index contributed by atoms with van der Waals surface area (Å²) < 4.78 is 0. The molecule has 2 N–H and O–H groups in total. The third-order valence-electron chi connectivity index (χ3n) is 3.16.